The van der Waals surface area contributed by atoms with Crippen molar-refractivity contribution in [1.29, 1.82) is 0 Å². The van der Waals surface area contributed by atoms with Crippen LogP contribution < -0.4 is 19.7 Å². The van der Waals surface area contributed by atoms with Gasteiger partial charge in [0, 0.05) is 29.9 Å². The van der Waals surface area contributed by atoms with Crippen LogP contribution in [0.15, 0.2) is 18.2 Å². The highest BCUT2D eigenvalue weighted by Crippen LogP contribution is 2.38. The maximum Gasteiger partial charge on any atom is 0.162 e. The van der Waals surface area contributed by atoms with Crippen molar-refractivity contribution >= 4 is 5.69 Å². The van der Waals surface area contributed by atoms with E-state index in [2.05, 4.69) is 36.2 Å². The van der Waals surface area contributed by atoms with Crippen molar-refractivity contribution in [3.63, 3.8) is 0 Å². The van der Waals surface area contributed by atoms with Crippen LogP contribution in [0.25, 0.3) is 0 Å². The Kier molecular flexibility index (Phi) is 3.90. The second-order valence-electron chi connectivity index (χ2n) is 5.65. The topological polar surface area (TPSA) is 33.7 Å². The van der Waals surface area contributed by atoms with Crippen LogP contribution in [0.1, 0.15) is 20.3 Å². The van der Waals surface area contributed by atoms with E-state index < -0.39 is 0 Å². The number of ether oxygens (including phenoxy) is 2. The molecule has 0 bridgehead atoms. The molecule has 1 unspecified atom stereocenters. The van der Waals surface area contributed by atoms with Gasteiger partial charge in [-0.25, -0.2) is 0 Å². The lowest BCUT2D eigenvalue weighted by Crippen LogP contribution is -2.38. The van der Waals surface area contributed by atoms with Crippen molar-refractivity contribution in [2.75, 3.05) is 32.7 Å². The van der Waals surface area contributed by atoms with E-state index in [1.807, 2.05) is 13.1 Å². The number of rotatable bonds is 4. The normalized spacial score (nSPS) is 21.5. The molecule has 0 radical (unpaired) electrons. The molecule has 0 amide bonds. The van der Waals surface area contributed by atoms with Crippen LogP contribution in [0.2, 0.25) is 0 Å². The Bertz CT molecular complexity index is 446. The Morgan fingerprint density at radius 3 is 2.42 bits per heavy atom. The molecule has 4 nitrogen and oxygen atoms in total. The number of likely N-dealkylation sites (N-methyl/N-ethyl adjacent to an activating group) is 1. The zero-order valence-electron chi connectivity index (χ0n) is 12.5. The van der Waals surface area contributed by atoms with E-state index in [9.17, 15) is 0 Å². The zero-order chi connectivity index (χ0) is 14.0. The van der Waals surface area contributed by atoms with Crippen molar-refractivity contribution in [2.24, 2.45) is 0 Å². The monoisotopic (exact) mass is 264 g/mol. The quantitative estimate of drug-likeness (QED) is 0.904. The van der Waals surface area contributed by atoms with Gasteiger partial charge in [-0.3, -0.25) is 0 Å². The number of nitrogens with one attached hydrogen (secondary N) is 1. The summed E-state index contributed by atoms with van der Waals surface area (Å²) in [5.41, 5.74) is 1.33. The third kappa shape index (κ3) is 2.63. The van der Waals surface area contributed by atoms with E-state index in [4.69, 9.17) is 9.47 Å². The molecule has 2 rings (SSSR count). The van der Waals surface area contributed by atoms with E-state index in [-0.39, 0.29) is 5.54 Å². The Morgan fingerprint density at radius 2 is 1.89 bits per heavy atom. The van der Waals surface area contributed by atoms with Gasteiger partial charge in [0.15, 0.2) is 11.5 Å². The minimum atomic E-state index is 0.146. The summed E-state index contributed by atoms with van der Waals surface area (Å²) in [5, 5.41) is 3.37. The first-order valence-electron chi connectivity index (χ1n) is 6.68. The van der Waals surface area contributed by atoms with Gasteiger partial charge in [-0.05, 0) is 39.4 Å². The fraction of sp³-hybridized carbons (Fsp3) is 0.600. The summed E-state index contributed by atoms with van der Waals surface area (Å²) in [6.45, 7) is 5.57. The molecule has 0 aromatic heterocycles. The Balaban J connectivity index is 2.31. The Morgan fingerprint density at radius 1 is 1.21 bits per heavy atom. The lowest BCUT2D eigenvalue weighted by Gasteiger charge is -2.33. The lowest BCUT2D eigenvalue weighted by atomic mass is 10.00. The smallest absolute Gasteiger partial charge is 0.162 e. The average Bonchev–Trinajstić information content (AvgIpc) is 2.73. The van der Waals surface area contributed by atoms with E-state index in [0.717, 1.165) is 24.5 Å². The third-order valence-electron chi connectivity index (χ3n) is 3.97. The molecule has 1 N–H and O–H groups in total. The molecule has 1 saturated heterocycles. The van der Waals surface area contributed by atoms with Crippen LogP contribution in [-0.4, -0.2) is 39.4 Å². The van der Waals surface area contributed by atoms with E-state index in [0.29, 0.717) is 6.04 Å². The van der Waals surface area contributed by atoms with Gasteiger partial charge in [-0.15, -0.1) is 0 Å². The number of benzene rings is 1. The number of hydrogen-bond acceptors (Lipinski definition) is 4. The average molecular weight is 264 g/mol. The standard InChI is InChI=1S/C15H24N2O2/c1-15(2)9-11(16-3)10-17(15)12-6-7-13(18-4)14(8-12)19-5/h6-8,11,16H,9-10H2,1-5H3. The fourth-order valence-electron chi connectivity index (χ4n) is 2.89. The summed E-state index contributed by atoms with van der Waals surface area (Å²) in [7, 11) is 5.36. The molecule has 1 aromatic carbocycles. The van der Waals surface area contributed by atoms with Gasteiger partial charge < -0.3 is 19.7 Å². The molecule has 1 heterocycles. The van der Waals surface area contributed by atoms with E-state index in [1.165, 1.54) is 5.69 Å². The SMILES string of the molecule is CNC1CN(c2ccc(OC)c(OC)c2)C(C)(C)C1. The van der Waals surface area contributed by atoms with Gasteiger partial charge in [-0.2, -0.15) is 0 Å². The fourth-order valence-corrected chi connectivity index (χ4v) is 2.89. The Hall–Kier alpha value is -1.42. The predicted molar refractivity (Wildman–Crippen MR) is 78.4 cm³/mol. The highest BCUT2D eigenvalue weighted by molar-refractivity contribution is 5.58. The second-order valence-corrected chi connectivity index (χ2v) is 5.65. The van der Waals surface area contributed by atoms with Crippen LogP contribution in [-0.2, 0) is 0 Å². The van der Waals surface area contributed by atoms with Crippen LogP contribution in [0, 0.1) is 0 Å². The highest BCUT2D eigenvalue weighted by atomic mass is 16.5. The molecule has 0 saturated carbocycles. The first-order chi connectivity index (χ1) is 9.01. The summed E-state index contributed by atoms with van der Waals surface area (Å²) in [6, 6.07) is 6.65. The molecule has 0 spiro atoms. The summed E-state index contributed by atoms with van der Waals surface area (Å²) >= 11 is 0. The maximum atomic E-state index is 5.39. The molecule has 1 aromatic rings. The van der Waals surface area contributed by atoms with Crippen molar-refractivity contribution < 1.29 is 9.47 Å². The number of hydrogen-bond donors (Lipinski definition) is 1. The van der Waals surface area contributed by atoms with Gasteiger partial charge >= 0.3 is 0 Å². The van der Waals surface area contributed by atoms with Crippen molar-refractivity contribution in [3.8, 4) is 11.5 Å². The van der Waals surface area contributed by atoms with Crippen LogP contribution in [0.3, 0.4) is 0 Å². The largest absolute Gasteiger partial charge is 0.493 e. The first-order valence-corrected chi connectivity index (χ1v) is 6.68. The second kappa shape index (κ2) is 5.29. The van der Waals surface area contributed by atoms with E-state index >= 15 is 0 Å². The minimum absolute atomic E-state index is 0.146. The van der Waals surface area contributed by atoms with Gasteiger partial charge in [-0.1, -0.05) is 0 Å². The molecule has 0 aliphatic carbocycles. The highest BCUT2D eigenvalue weighted by Gasteiger charge is 2.37. The molecule has 1 fully saturated rings. The number of methoxy groups -OCH3 is 2. The number of anilines is 1. The number of nitrogens with zero attached hydrogens (tertiary/aromatic N) is 1. The van der Waals surface area contributed by atoms with Crippen molar-refractivity contribution in [2.45, 2.75) is 31.8 Å². The summed E-state index contributed by atoms with van der Waals surface area (Å²) in [4.78, 5) is 2.43. The van der Waals surface area contributed by atoms with Gasteiger partial charge in [0.1, 0.15) is 0 Å². The summed E-state index contributed by atoms with van der Waals surface area (Å²) in [5.74, 6) is 1.55. The minimum Gasteiger partial charge on any atom is -0.493 e. The van der Waals surface area contributed by atoms with E-state index in [1.54, 1.807) is 14.2 Å². The molecule has 1 atom stereocenters. The van der Waals surface area contributed by atoms with Crippen LogP contribution in [0.5, 0.6) is 11.5 Å². The molecular weight excluding hydrogens is 240 g/mol. The molecular formula is C15H24N2O2. The summed E-state index contributed by atoms with van der Waals surface area (Å²) in [6.07, 6.45) is 1.14. The van der Waals surface area contributed by atoms with Crippen molar-refractivity contribution in [1.82, 2.24) is 5.32 Å². The predicted octanol–water partition coefficient (Wildman–Crippen LogP) is 2.28. The molecule has 1 aliphatic rings. The molecule has 1 aliphatic heterocycles. The molecule has 4 heteroatoms. The Labute approximate surface area is 115 Å². The van der Waals surface area contributed by atoms with Gasteiger partial charge in [0.05, 0.1) is 14.2 Å². The molecule has 19 heavy (non-hydrogen) atoms. The van der Waals surface area contributed by atoms with Crippen LogP contribution >= 0.6 is 0 Å². The third-order valence-corrected chi connectivity index (χ3v) is 3.97. The zero-order valence-corrected chi connectivity index (χ0v) is 12.5. The van der Waals surface area contributed by atoms with Gasteiger partial charge in [0.2, 0.25) is 0 Å². The van der Waals surface area contributed by atoms with Crippen LogP contribution in [0.4, 0.5) is 5.69 Å². The summed E-state index contributed by atoms with van der Waals surface area (Å²) < 4.78 is 10.7. The molecule has 106 valence electrons. The first kappa shape index (κ1) is 14.0. The lowest BCUT2D eigenvalue weighted by molar-refractivity contribution is 0.355. The van der Waals surface area contributed by atoms with Gasteiger partial charge in [0.25, 0.3) is 0 Å². The van der Waals surface area contributed by atoms with Crippen molar-refractivity contribution in [3.05, 3.63) is 18.2 Å². The maximum absolute atomic E-state index is 5.39.